The Bertz CT molecular complexity index is 603. The summed E-state index contributed by atoms with van der Waals surface area (Å²) in [7, 11) is 4.96. The molecule has 0 aliphatic heterocycles. The van der Waals surface area contributed by atoms with Crippen molar-refractivity contribution in [2.75, 3.05) is 31.9 Å². The summed E-state index contributed by atoms with van der Waals surface area (Å²) in [4.78, 5) is 12.6. The Morgan fingerprint density at radius 1 is 1.00 bits per heavy atom. The number of benzene rings is 1. The van der Waals surface area contributed by atoms with Crippen molar-refractivity contribution in [2.24, 2.45) is 0 Å². The van der Waals surface area contributed by atoms with Crippen molar-refractivity contribution in [3.63, 3.8) is 0 Å². The first-order chi connectivity index (χ1) is 9.66. The second-order valence-corrected chi connectivity index (χ2v) is 3.97. The fraction of sp³-hybridized carbons (Fsp3) is 0.308. The molecule has 7 heteroatoms. The fourth-order valence-corrected chi connectivity index (χ4v) is 1.67. The number of anilines is 3. The van der Waals surface area contributed by atoms with Gasteiger partial charge in [-0.2, -0.15) is 15.0 Å². The Kier molecular flexibility index (Phi) is 4.19. The smallest absolute Gasteiger partial charge is 0.232 e. The van der Waals surface area contributed by atoms with Gasteiger partial charge in [-0.15, -0.1) is 0 Å². The van der Waals surface area contributed by atoms with E-state index >= 15 is 0 Å². The monoisotopic (exact) mass is 275 g/mol. The number of ether oxygens (including phenoxy) is 2. The van der Waals surface area contributed by atoms with Crippen LogP contribution >= 0.6 is 0 Å². The van der Waals surface area contributed by atoms with E-state index in [0.29, 0.717) is 23.5 Å². The SMILES string of the molecule is CNc1nc(C)nc(Nc2ccc(OC)cc2OC)n1. The minimum Gasteiger partial charge on any atom is -0.497 e. The van der Waals surface area contributed by atoms with Crippen molar-refractivity contribution < 1.29 is 9.47 Å². The summed E-state index contributed by atoms with van der Waals surface area (Å²) in [5, 5.41) is 5.99. The molecule has 0 atom stereocenters. The van der Waals surface area contributed by atoms with Crippen LogP contribution in [0.15, 0.2) is 18.2 Å². The molecule has 0 aliphatic rings. The van der Waals surface area contributed by atoms with Crippen LogP contribution in [0.2, 0.25) is 0 Å². The summed E-state index contributed by atoms with van der Waals surface area (Å²) in [6.07, 6.45) is 0. The van der Waals surface area contributed by atoms with E-state index in [9.17, 15) is 0 Å². The highest BCUT2D eigenvalue weighted by Crippen LogP contribution is 2.30. The number of rotatable bonds is 5. The van der Waals surface area contributed by atoms with E-state index in [1.54, 1.807) is 34.3 Å². The number of aryl methyl sites for hydroxylation is 1. The van der Waals surface area contributed by atoms with Crippen LogP contribution in [0.25, 0.3) is 0 Å². The Balaban J connectivity index is 2.31. The lowest BCUT2D eigenvalue weighted by Crippen LogP contribution is -2.05. The zero-order chi connectivity index (χ0) is 14.5. The van der Waals surface area contributed by atoms with E-state index in [4.69, 9.17) is 9.47 Å². The van der Waals surface area contributed by atoms with E-state index in [1.165, 1.54) is 0 Å². The average molecular weight is 275 g/mol. The third kappa shape index (κ3) is 3.05. The first-order valence-corrected chi connectivity index (χ1v) is 6.05. The van der Waals surface area contributed by atoms with Crippen molar-refractivity contribution in [3.05, 3.63) is 24.0 Å². The van der Waals surface area contributed by atoms with Crippen molar-refractivity contribution in [1.82, 2.24) is 15.0 Å². The van der Waals surface area contributed by atoms with Crippen molar-refractivity contribution >= 4 is 17.6 Å². The predicted molar refractivity (Wildman–Crippen MR) is 76.9 cm³/mol. The van der Waals surface area contributed by atoms with Gasteiger partial charge < -0.3 is 20.1 Å². The van der Waals surface area contributed by atoms with Crippen molar-refractivity contribution in [1.29, 1.82) is 0 Å². The average Bonchev–Trinajstić information content (AvgIpc) is 2.47. The molecule has 0 unspecified atom stereocenters. The van der Waals surface area contributed by atoms with Crippen LogP contribution in [0.3, 0.4) is 0 Å². The van der Waals surface area contributed by atoms with Gasteiger partial charge in [0, 0.05) is 13.1 Å². The highest BCUT2D eigenvalue weighted by molar-refractivity contribution is 5.64. The van der Waals surface area contributed by atoms with Gasteiger partial charge in [0.25, 0.3) is 0 Å². The maximum atomic E-state index is 5.32. The maximum Gasteiger partial charge on any atom is 0.232 e. The number of hydrogen-bond donors (Lipinski definition) is 2. The largest absolute Gasteiger partial charge is 0.497 e. The number of methoxy groups -OCH3 is 2. The second-order valence-electron chi connectivity index (χ2n) is 3.97. The fourth-order valence-electron chi connectivity index (χ4n) is 1.67. The van der Waals surface area contributed by atoms with E-state index in [-0.39, 0.29) is 0 Å². The molecule has 1 aromatic heterocycles. The zero-order valence-corrected chi connectivity index (χ0v) is 11.9. The molecule has 1 heterocycles. The molecule has 0 radical (unpaired) electrons. The summed E-state index contributed by atoms with van der Waals surface area (Å²) in [5.74, 6) is 2.95. The predicted octanol–water partition coefficient (Wildman–Crippen LogP) is 1.98. The second kappa shape index (κ2) is 6.05. The summed E-state index contributed by atoms with van der Waals surface area (Å²) in [5.41, 5.74) is 0.751. The van der Waals surface area contributed by atoms with Gasteiger partial charge in [-0.1, -0.05) is 0 Å². The molecule has 2 N–H and O–H groups in total. The first-order valence-electron chi connectivity index (χ1n) is 6.05. The van der Waals surface area contributed by atoms with Gasteiger partial charge in [0.1, 0.15) is 17.3 Å². The van der Waals surface area contributed by atoms with Crippen LogP contribution in [0.1, 0.15) is 5.82 Å². The lowest BCUT2D eigenvalue weighted by Gasteiger charge is -2.12. The third-order valence-corrected chi connectivity index (χ3v) is 2.63. The van der Waals surface area contributed by atoms with Crippen LogP contribution in [-0.2, 0) is 0 Å². The standard InChI is InChI=1S/C13H17N5O2/c1-8-15-12(14-2)18-13(16-8)17-10-6-5-9(19-3)7-11(10)20-4/h5-7H,1-4H3,(H2,14,15,16,17,18). The van der Waals surface area contributed by atoms with Gasteiger partial charge in [-0.05, 0) is 19.1 Å². The van der Waals surface area contributed by atoms with Gasteiger partial charge in [0.05, 0.1) is 19.9 Å². The lowest BCUT2D eigenvalue weighted by molar-refractivity contribution is 0.395. The molecule has 0 saturated heterocycles. The van der Waals surface area contributed by atoms with Gasteiger partial charge in [-0.3, -0.25) is 0 Å². The summed E-state index contributed by atoms with van der Waals surface area (Å²) >= 11 is 0. The van der Waals surface area contributed by atoms with E-state index < -0.39 is 0 Å². The van der Waals surface area contributed by atoms with E-state index in [2.05, 4.69) is 25.6 Å². The number of nitrogens with zero attached hydrogens (tertiary/aromatic N) is 3. The molecule has 0 spiro atoms. The van der Waals surface area contributed by atoms with Crippen LogP contribution in [-0.4, -0.2) is 36.2 Å². The van der Waals surface area contributed by atoms with E-state index in [1.807, 2.05) is 12.1 Å². The van der Waals surface area contributed by atoms with Crippen LogP contribution in [0.4, 0.5) is 17.6 Å². The van der Waals surface area contributed by atoms with Crippen LogP contribution in [0, 0.1) is 6.92 Å². The number of aromatic nitrogens is 3. The molecule has 7 nitrogen and oxygen atoms in total. The molecule has 2 rings (SSSR count). The van der Waals surface area contributed by atoms with Gasteiger partial charge >= 0.3 is 0 Å². The van der Waals surface area contributed by atoms with Crippen LogP contribution < -0.4 is 20.1 Å². The van der Waals surface area contributed by atoms with Gasteiger partial charge in [0.2, 0.25) is 11.9 Å². The molecule has 2 aromatic rings. The highest BCUT2D eigenvalue weighted by Gasteiger charge is 2.08. The molecule has 1 aromatic carbocycles. The molecule has 0 amide bonds. The van der Waals surface area contributed by atoms with Crippen LogP contribution in [0.5, 0.6) is 11.5 Å². The summed E-state index contributed by atoms with van der Waals surface area (Å²) in [6, 6.07) is 5.46. The van der Waals surface area contributed by atoms with Gasteiger partial charge in [-0.25, -0.2) is 0 Å². The molecular weight excluding hydrogens is 258 g/mol. The quantitative estimate of drug-likeness (QED) is 0.863. The molecule has 20 heavy (non-hydrogen) atoms. The molecule has 0 fully saturated rings. The zero-order valence-electron chi connectivity index (χ0n) is 11.9. The number of hydrogen-bond acceptors (Lipinski definition) is 7. The molecule has 0 aliphatic carbocycles. The normalized spacial score (nSPS) is 10.0. The Morgan fingerprint density at radius 3 is 2.40 bits per heavy atom. The molecule has 106 valence electrons. The van der Waals surface area contributed by atoms with Crippen molar-refractivity contribution in [3.8, 4) is 11.5 Å². The maximum absolute atomic E-state index is 5.32. The Hall–Kier alpha value is -2.57. The first kappa shape index (κ1) is 13.9. The lowest BCUT2D eigenvalue weighted by atomic mass is 10.2. The topological polar surface area (TPSA) is 81.2 Å². The Morgan fingerprint density at radius 2 is 1.75 bits per heavy atom. The third-order valence-electron chi connectivity index (χ3n) is 2.63. The highest BCUT2D eigenvalue weighted by atomic mass is 16.5. The summed E-state index contributed by atoms with van der Waals surface area (Å²) in [6.45, 7) is 1.80. The summed E-state index contributed by atoms with van der Waals surface area (Å²) < 4.78 is 10.5. The Labute approximate surface area is 117 Å². The minimum absolute atomic E-state index is 0.449. The van der Waals surface area contributed by atoms with Gasteiger partial charge in [0.15, 0.2) is 0 Å². The van der Waals surface area contributed by atoms with Crippen molar-refractivity contribution in [2.45, 2.75) is 6.92 Å². The molecule has 0 saturated carbocycles. The number of nitrogens with one attached hydrogen (secondary N) is 2. The molecular formula is C13H17N5O2. The van der Waals surface area contributed by atoms with E-state index in [0.717, 1.165) is 11.4 Å². The minimum atomic E-state index is 0.449. The molecule has 0 bridgehead atoms.